The number of hydrogen-bond acceptors (Lipinski definition) is 2. The van der Waals surface area contributed by atoms with E-state index in [2.05, 4.69) is 25.3 Å². The third-order valence-electron chi connectivity index (χ3n) is 1.26. The summed E-state index contributed by atoms with van der Waals surface area (Å²) in [7, 11) is 0. The van der Waals surface area contributed by atoms with Crippen molar-refractivity contribution in [1.82, 2.24) is 0 Å². The highest BCUT2D eigenvalue weighted by molar-refractivity contribution is 7.99. The first-order chi connectivity index (χ1) is 5.29. The quantitative estimate of drug-likeness (QED) is 0.510. The van der Waals surface area contributed by atoms with Gasteiger partial charge in [-0.15, -0.1) is 0 Å². The molecule has 0 amide bonds. The normalized spacial score (nSPS) is 11.2. The topological polar surface area (TPSA) is 0 Å². The monoisotopic (exact) mass is 182 g/mol. The Morgan fingerprint density at radius 2 is 1.73 bits per heavy atom. The van der Waals surface area contributed by atoms with Gasteiger partial charge in [0.25, 0.3) is 0 Å². The van der Waals surface area contributed by atoms with Gasteiger partial charge in [0.1, 0.15) is 0 Å². The fourth-order valence-corrected chi connectivity index (χ4v) is 0.933. The minimum absolute atomic E-state index is 0.0233. The van der Waals surface area contributed by atoms with Crippen molar-refractivity contribution in [3.63, 3.8) is 0 Å². The van der Waals surface area contributed by atoms with Gasteiger partial charge < -0.3 is 0 Å². The number of thiol groups is 2. The molecule has 0 spiro atoms. The van der Waals surface area contributed by atoms with Crippen LogP contribution in [0.2, 0.25) is 0 Å². The van der Waals surface area contributed by atoms with Crippen molar-refractivity contribution in [2.45, 2.75) is 4.58 Å². The maximum Gasteiger partial charge on any atom is 0.0626 e. The molecule has 0 N–H and O–H groups in total. The SMILES string of the molecule is SC(S)C=Cc1ccccc1. The molecule has 1 rings (SSSR count). The highest BCUT2D eigenvalue weighted by atomic mass is 32.2. The Bertz CT molecular complexity index is 227. The van der Waals surface area contributed by atoms with E-state index in [0.717, 1.165) is 0 Å². The molecule has 2 heteroatoms. The lowest BCUT2D eigenvalue weighted by Gasteiger charge is -1.93. The fourth-order valence-electron chi connectivity index (χ4n) is 0.761. The molecule has 0 nitrogen and oxygen atoms in total. The predicted molar refractivity (Wildman–Crippen MR) is 57.2 cm³/mol. The minimum Gasteiger partial charge on any atom is -0.161 e. The highest BCUT2D eigenvalue weighted by Gasteiger charge is 1.85. The van der Waals surface area contributed by atoms with E-state index in [1.165, 1.54) is 5.56 Å². The van der Waals surface area contributed by atoms with E-state index < -0.39 is 0 Å². The first-order valence-corrected chi connectivity index (χ1v) is 4.42. The molecule has 0 aromatic heterocycles. The summed E-state index contributed by atoms with van der Waals surface area (Å²) in [5, 5.41) is 0. The van der Waals surface area contributed by atoms with Gasteiger partial charge in [0.05, 0.1) is 4.58 Å². The van der Waals surface area contributed by atoms with Crippen LogP contribution in [0.5, 0.6) is 0 Å². The molecule has 0 radical (unpaired) electrons. The summed E-state index contributed by atoms with van der Waals surface area (Å²) in [6.07, 6.45) is 3.94. The molecule has 0 bridgehead atoms. The summed E-state index contributed by atoms with van der Waals surface area (Å²) in [6.45, 7) is 0. The fraction of sp³-hybridized carbons (Fsp3) is 0.111. The van der Waals surface area contributed by atoms with E-state index in [4.69, 9.17) is 0 Å². The molecule has 0 fully saturated rings. The Balaban J connectivity index is 2.65. The molecule has 0 unspecified atom stereocenters. The number of benzene rings is 1. The summed E-state index contributed by atoms with van der Waals surface area (Å²) in [4.78, 5) is 0. The van der Waals surface area contributed by atoms with Crippen molar-refractivity contribution in [2.75, 3.05) is 0 Å². The Morgan fingerprint density at radius 1 is 1.09 bits per heavy atom. The average Bonchev–Trinajstić information content (AvgIpc) is 2.03. The molecule has 11 heavy (non-hydrogen) atoms. The number of hydrogen-bond donors (Lipinski definition) is 2. The molecular formula is C9H10S2. The standard InChI is InChI=1S/C9H10S2/c10-9(11)7-6-8-4-2-1-3-5-8/h1-7,9-11H. The zero-order chi connectivity index (χ0) is 8.10. The maximum atomic E-state index is 4.11. The average molecular weight is 182 g/mol. The van der Waals surface area contributed by atoms with E-state index in [1.807, 2.05) is 42.5 Å². The summed E-state index contributed by atoms with van der Waals surface area (Å²) < 4.78 is 0.0233. The molecule has 0 aliphatic carbocycles. The summed E-state index contributed by atoms with van der Waals surface area (Å²) in [5.74, 6) is 0. The largest absolute Gasteiger partial charge is 0.161 e. The Hall–Kier alpha value is -0.340. The lowest BCUT2D eigenvalue weighted by molar-refractivity contribution is 1.63. The molecule has 0 saturated carbocycles. The molecular weight excluding hydrogens is 172 g/mol. The third kappa shape index (κ3) is 3.54. The van der Waals surface area contributed by atoms with E-state index in [1.54, 1.807) is 0 Å². The Labute approximate surface area is 78.1 Å². The van der Waals surface area contributed by atoms with E-state index in [-0.39, 0.29) is 4.58 Å². The summed E-state index contributed by atoms with van der Waals surface area (Å²) in [5.41, 5.74) is 1.18. The lowest BCUT2D eigenvalue weighted by Crippen LogP contribution is -1.76. The first-order valence-electron chi connectivity index (χ1n) is 3.38. The van der Waals surface area contributed by atoms with Gasteiger partial charge in [0.2, 0.25) is 0 Å². The van der Waals surface area contributed by atoms with Crippen LogP contribution in [-0.4, -0.2) is 4.58 Å². The van der Waals surface area contributed by atoms with Crippen LogP contribution in [0.3, 0.4) is 0 Å². The summed E-state index contributed by atoms with van der Waals surface area (Å²) >= 11 is 8.21. The van der Waals surface area contributed by atoms with Crippen LogP contribution < -0.4 is 0 Å². The molecule has 0 heterocycles. The molecule has 0 aliphatic rings. The third-order valence-corrected chi connectivity index (χ3v) is 1.60. The molecule has 58 valence electrons. The van der Waals surface area contributed by atoms with Gasteiger partial charge >= 0.3 is 0 Å². The van der Waals surface area contributed by atoms with Crippen molar-refractivity contribution in [2.24, 2.45) is 0 Å². The highest BCUT2D eigenvalue weighted by Crippen LogP contribution is 2.06. The molecule has 0 saturated heterocycles. The van der Waals surface area contributed by atoms with E-state index in [0.29, 0.717) is 0 Å². The van der Waals surface area contributed by atoms with Crippen LogP contribution in [0.4, 0.5) is 0 Å². The maximum absolute atomic E-state index is 4.11. The second kappa shape index (κ2) is 4.52. The Kier molecular flexibility index (Phi) is 3.60. The van der Waals surface area contributed by atoms with E-state index in [9.17, 15) is 0 Å². The lowest BCUT2D eigenvalue weighted by atomic mass is 10.2. The molecule has 1 aromatic rings. The van der Waals surface area contributed by atoms with Crippen LogP contribution in [0, 0.1) is 0 Å². The molecule has 1 aromatic carbocycles. The van der Waals surface area contributed by atoms with Crippen molar-refractivity contribution in [1.29, 1.82) is 0 Å². The van der Waals surface area contributed by atoms with Gasteiger partial charge in [0.15, 0.2) is 0 Å². The van der Waals surface area contributed by atoms with Crippen LogP contribution in [-0.2, 0) is 0 Å². The first kappa shape index (κ1) is 8.75. The van der Waals surface area contributed by atoms with Crippen LogP contribution >= 0.6 is 25.3 Å². The molecule has 0 atom stereocenters. The predicted octanol–water partition coefficient (Wildman–Crippen LogP) is 2.89. The Morgan fingerprint density at radius 3 is 2.27 bits per heavy atom. The van der Waals surface area contributed by atoms with Crippen LogP contribution in [0.15, 0.2) is 36.4 Å². The van der Waals surface area contributed by atoms with Gasteiger partial charge in [-0.05, 0) is 5.56 Å². The second-order valence-corrected chi connectivity index (χ2v) is 3.70. The van der Waals surface area contributed by atoms with Crippen LogP contribution in [0.25, 0.3) is 6.08 Å². The van der Waals surface area contributed by atoms with Crippen molar-refractivity contribution in [3.05, 3.63) is 42.0 Å². The van der Waals surface area contributed by atoms with Gasteiger partial charge in [0, 0.05) is 0 Å². The van der Waals surface area contributed by atoms with Gasteiger partial charge in [-0.1, -0.05) is 42.5 Å². The number of rotatable bonds is 2. The van der Waals surface area contributed by atoms with E-state index >= 15 is 0 Å². The van der Waals surface area contributed by atoms with Gasteiger partial charge in [-0.25, -0.2) is 0 Å². The minimum atomic E-state index is 0.0233. The van der Waals surface area contributed by atoms with Crippen LogP contribution in [0.1, 0.15) is 5.56 Å². The summed E-state index contributed by atoms with van der Waals surface area (Å²) in [6, 6.07) is 10.1. The van der Waals surface area contributed by atoms with Crippen molar-refractivity contribution < 1.29 is 0 Å². The van der Waals surface area contributed by atoms with Gasteiger partial charge in [-0.3, -0.25) is 0 Å². The van der Waals surface area contributed by atoms with Gasteiger partial charge in [-0.2, -0.15) is 25.3 Å². The van der Waals surface area contributed by atoms with Crippen molar-refractivity contribution >= 4 is 31.3 Å². The zero-order valence-corrected chi connectivity index (χ0v) is 7.80. The smallest absolute Gasteiger partial charge is 0.0626 e. The zero-order valence-electron chi connectivity index (χ0n) is 6.01. The molecule has 0 aliphatic heterocycles. The van der Waals surface area contributed by atoms with Crippen molar-refractivity contribution in [3.8, 4) is 0 Å². The second-order valence-electron chi connectivity index (χ2n) is 2.18.